The lowest BCUT2D eigenvalue weighted by Crippen LogP contribution is -2.46. The van der Waals surface area contributed by atoms with Gasteiger partial charge in [0, 0.05) is 67.0 Å². The Bertz CT molecular complexity index is 1350. The molecule has 0 atom stereocenters. The molecule has 0 spiro atoms. The van der Waals surface area contributed by atoms with Crippen LogP contribution in [-0.4, -0.2) is 45.4 Å². The van der Waals surface area contributed by atoms with Gasteiger partial charge in [-0.3, -0.25) is 19.1 Å². The van der Waals surface area contributed by atoms with Gasteiger partial charge in [0.15, 0.2) is 4.96 Å². The monoisotopic (exact) mass is 436 g/mol. The molecule has 4 heterocycles. The van der Waals surface area contributed by atoms with E-state index in [2.05, 4.69) is 25.8 Å². The second-order valence-electron chi connectivity index (χ2n) is 7.20. The van der Waals surface area contributed by atoms with Gasteiger partial charge < -0.3 is 4.90 Å². The number of fused-ring (bicyclic) bond motifs is 2. The second-order valence-corrected chi connectivity index (χ2v) is 8.51. The molecule has 0 aliphatic carbocycles. The van der Waals surface area contributed by atoms with Gasteiger partial charge >= 0.3 is 0 Å². The Morgan fingerprint density at radius 3 is 2.83 bits per heavy atom. The Morgan fingerprint density at radius 2 is 2.03 bits per heavy atom. The van der Waals surface area contributed by atoms with E-state index in [0.29, 0.717) is 17.1 Å². The van der Waals surface area contributed by atoms with Gasteiger partial charge in [0.2, 0.25) is 0 Å². The molecule has 1 saturated heterocycles. The molecule has 3 aromatic heterocycles. The number of aromatic nitrogens is 3. The molecule has 1 aliphatic rings. The first-order valence-electron chi connectivity index (χ1n) is 9.54. The zero-order valence-electron chi connectivity index (χ0n) is 16.0. The normalized spacial score (nSPS) is 15.0. The summed E-state index contributed by atoms with van der Waals surface area (Å²) >= 11 is 7.67. The molecule has 1 fully saturated rings. The molecule has 0 unspecified atom stereocenters. The van der Waals surface area contributed by atoms with E-state index in [-0.39, 0.29) is 5.56 Å². The Labute approximate surface area is 181 Å². The summed E-state index contributed by atoms with van der Waals surface area (Å²) in [7, 11) is 0. The van der Waals surface area contributed by atoms with Gasteiger partial charge in [-0.05, 0) is 18.2 Å². The van der Waals surface area contributed by atoms with Crippen LogP contribution in [0.3, 0.4) is 0 Å². The van der Waals surface area contributed by atoms with Gasteiger partial charge in [-0.2, -0.15) is 5.26 Å². The Balaban J connectivity index is 1.38. The number of halogens is 1. The molecule has 0 saturated carbocycles. The number of thiazole rings is 1. The van der Waals surface area contributed by atoms with Crippen LogP contribution < -0.4 is 10.5 Å². The van der Waals surface area contributed by atoms with Crippen LogP contribution in [0.2, 0.25) is 5.02 Å². The summed E-state index contributed by atoms with van der Waals surface area (Å²) in [5, 5.41) is 13.0. The number of nitrogens with zero attached hydrogens (tertiary/aromatic N) is 6. The third-order valence-corrected chi connectivity index (χ3v) is 6.34. The number of nitriles is 1. The largest absolute Gasteiger partial charge is 0.367 e. The molecule has 0 N–H and O–H groups in total. The molecule has 1 aliphatic heterocycles. The van der Waals surface area contributed by atoms with Gasteiger partial charge in [0.05, 0.1) is 22.5 Å². The van der Waals surface area contributed by atoms with E-state index >= 15 is 0 Å². The maximum Gasteiger partial charge on any atom is 0.258 e. The lowest BCUT2D eigenvalue weighted by atomic mass is 10.1. The van der Waals surface area contributed by atoms with Gasteiger partial charge in [0.1, 0.15) is 6.07 Å². The average molecular weight is 437 g/mol. The highest BCUT2D eigenvalue weighted by Gasteiger charge is 2.22. The Kier molecular flexibility index (Phi) is 4.87. The van der Waals surface area contributed by atoms with Crippen LogP contribution >= 0.6 is 22.9 Å². The molecular weight excluding hydrogens is 420 g/mol. The van der Waals surface area contributed by atoms with Gasteiger partial charge in [0.25, 0.3) is 5.56 Å². The van der Waals surface area contributed by atoms with E-state index in [1.165, 1.54) is 11.3 Å². The molecule has 0 bridgehead atoms. The van der Waals surface area contributed by atoms with Crippen LogP contribution in [0.4, 0.5) is 5.69 Å². The zero-order chi connectivity index (χ0) is 20.7. The van der Waals surface area contributed by atoms with Crippen molar-refractivity contribution < 1.29 is 0 Å². The summed E-state index contributed by atoms with van der Waals surface area (Å²) in [4.78, 5) is 26.4. The van der Waals surface area contributed by atoms with Crippen molar-refractivity contribution in [1.29, 1.82) is 5.26 Å². The third-order valence-electron chi connectivity index (χ3n) is 5.35. The van der Waals surface area contributed by atoms with Crippen LogP contribution in [0.25, 0.3) is 15.9 Å². The number of pyridine rings is 1. The number of rotatable bonds is 3. The first kappa shape index (κ1) is 19.0. The molecular formula is C21H17ClN6OS. The highest BCUT2D eigenvalue weighted by molar-refractivity contribution is 7.15. The van der Waals surface area contributed by atoms with E-state index in [1.54, 1.807) is 22.9 Å². The zero-order valence-corrected chi connectivity index (χ0v) is 17.5. The average Bonchev–Trinajstić information content (AvgIpc) is 3.23. The van der Waals surface area contributed by atoms with E-state index in [1.807, 2.05) is 23.6 Å². The number of hydrogen-bond acceptors (Lipinski definition) is 7. The number of anilines is 1. The highest BCUT2D eigenvalue weighted by Crippen LogP contribution is 2.32. The smallest absolute Gasteiger partial charge is 0.258 e. The number of hydrogen-bond donors (Lipinski definition) is 0. The van der Waals surface area contributed by atoms with E-state index in [0.717, 1.165) is 53.4 Å². The summed E-state index contributed by atoms with van der Waals surface area (Å²) in [6, 6.07) is 9.44. The lowest BCUT2D eigenvalue weighted by molar-refractivity contribution is 0.247. The molecule has 0 radical (unpaired) electrons. The Morgan fingerprint density at radius 1 is 1.20 bits per heavy atom. The number of benzene rings is 1. The molecule has 7 nitrogen and oxygen atoms in total. The predicted molar refractivity (Wildman–Crippen MR) is 118 cm³/mol. The predicted octanol–water partition coefficient (Wildman–Crippen LogP) is 3.15. The molecule has 0 amide bonds. The lowest BCUT2D eigenvalue weighted by Gasteiger charge is -2.36. The van der Waals surface area contributed by atoms with Crippen LogP contribution in [-0.2, 0) is 6.54 Å². The molecule has 4 aromatic rings. The molecule has 30 heavy (non-hydrogen) atoms. The highest BCUT2D eigenvalue weighted by atomic mass is 35.5. The first-order valence-corrected chi connectivity index (χ1v) is 10.8. The second kappa shape index (κ2) is 7.69. The molecule has 150 valence electrons. The minimum absolute atomic E-state index is 0.0475. The Hall–Kier alpha value is -2.99. The maximum atomic E-state index is 12.2. The van der Waals surface area contributed by atoms with E-state index in [4.69, 9.17) is 11.6 Å². The maximum absolute atomic E-state index is 12.2. The van der Waals surface area contributed by atoms with Crippen molar-refractivity contribution in [2.24, 2.45) is 0 Å². The van der Waals surface area contributed by atoms with E-state index < -0.39 is 0 Å². The summed E-state index contributed by atoms with van der Waals surface area (Å²) in [5.74, 6) is 0. The van der Waals surface area contributed by atoms with Crippen molar-refractivity contribution >= 4 is 44.5 Å². The standard InChI is InChI=1S/C21H17ClN6OS/c22-15-1-2-18-17(9-15)20(14(11-23)12-24-18)27-5-3-26(4-6-27)13-16-10-19(29)28-7-8-30-21(28)25-16/h1-2,7-10,12H,3-6,13H2. The van der Waals surface area contributed by atoms with Crippen LogP contribution in [0.5, 0.6) is 0 Å². The van der Waals surface area contributed by atoms with Crippen molar-refractivity contribution in [2.75, 3.05) is 31.1 Å². The molecule has 5 rings (SSSR count). The van der Waals surface area contributed by atoms with Crippen molar-refractivity contribution in [1.82, 2.24) is 19.3 Å². The van der Waals surface area contributed by atoms with Crippen molar-refractivity contribution in [2.45, 2.75) is 6.54 Å². The third kappa shape index (κ3) is 3.41. The summed E-state index contributed by atoms with van der Waals surface area (Å²) in [5.41, 5.74) is 3.00. The summed E-state index contributed by atoms with van der Waals surface area (Å²) in [6.45, 7) is 3.77. The van der Waals surface area contributed by atoms with Crippen molar-refractivity contribution in [3.8, 4) is 6.07 Å². The van der Waals surface area contributed by atoms with Gasteiger partial charge in [-0.25, -0.2) is 4.98 Å². The minimum atomic E-state index is -0.0475. The van der Waals surface area contributed by atoms with E-state index in [9.17, 15) is 10.1 Å². The number of piperazine rings is 1. The minimum Gasteiger partial charge on any atom is -0.367 e. The van der Waals surface area contributed by atoms with Crippen LogP contribution in [0.1, 0.15) is 11.3 Å². The topological polar surface area (TPSA) is 77.5 Å². The summed E-state index contributed by atoms with van der Waals surface area (Å²) in [6.07, 6.45) is 3.38. The van der Waals surface area contributed by atoms with Crippen LogP contribution in [0, 0.1) is 11.3 Å². The van der Waals surface area contributed by atoms with Crippen LogP contribution in [0.15, 0.2) is 46.8 Å². The van der Waals surface area contributed by atoms with Crippen molar-refractivity contribution in [3.63, 3.8) is 0 Å². The summed E-state index contributed by atoms with van der Waals surface area (Å²) < 4.78 is 1.56. The van der Waals surface area contributed by atoms with Crippen molar-refractivity contribution in [3.05, 3.63) is 68.7 Å². The fraction of sp³-hybridized carbons (Fsp3) is 0.238. The fourth-order valence-electron chi connectivity index (χ4n) is 3.90. The fourth-order valence-corrected chi connectivity index (χ4v) is 4.81. The molecule has 1 aromatic carbocycles. The SMILES string of the molecule is N#Cc1cnc2ccc(Cl)cc2c1N1CCN(Cc2cc(=O)n3ccsc3n2)CC1. The first-order chi connectivity index (χ1) is 14.6. The van der Waals surface area contributed by atoms with Gasteiger partial charge in [-0.15, -0.1) is 11.3 Å². The molecule has 9 heteroatoms. The van der Waals surface area contributed by atoms with Gasteiger partial charge in [-0.1, -0.05) is 11.6 Å². The quantitative estimate of drug-likeness (QED) is 0.491.